The van der Waals surface area contributed by atoms with Crippen LogP contribution in [0.15, 0.2) is 185 Å². The fraction of sp³-hybridized carbons (Fsp3) is 0.307. The van der Waals surface area contributed by atoms with Crippen LogP contribution in [0.5, 0.6) is 0 Å². The number of nitrogens with zero attached hydrogens (tertiary/aromatic N) is 19. The Balaban J connectivity index is 0.000000111. The maximum absolute atomic E-state index is 12.9. The molecule has 16 aromatic rings. The second kappa shape index (κ2) is 31.5. The summed E-state index contributed by atoms with van der Waals surface area (Å²) in [5.74, 6) is 1.74. The topological polar surface area (TPSA) is 286 Å². The highest BCUT2D eigenvalue weighted by atomic mass is 16.3. The van der Waals surface area contributed by atoms with E-state index in [1.165, 1.54) is 23.8 Å². The summed E-state index contributed by atoms with van der Waals surface area (Å²) in [7, 11) is 2.13. The molecule has 0 bridgehead atoms. The lowest BCUT2D eigenvalue weighted by Gasteiger charge is -2.34. The van der Waals surface area contributed by atoms with Gasteiger partial charge in [-0.3, -0.25) is 61.6 Å². The fourth-order valence-corrected chi connectivity index (χ4v) is 16.0. The molecule has 0 saturated carbocycles. The first-order valence-corrected chi connectivity index (χ1v) is 39.5. The minimum absolute atomic E-state index is 0.105. The minimum Gasteiger partial charge on any atom is -0.453 e. The number of aromatic nitrogens is 14. The van der Waals surface area contributed by atoms with Gasteiger partial charge in [0, 0.05) is 173 Å². The maximum atomic E-state index is 12.9. The van der Waals surface area contributed by atoms with Gasteiger partial charge in [0.05, 0.1) is 62.9 Å². The highest BCUT2D eigenvalue weighted by Crippen LogP contribution is 2.34. The maximum Gasteiger partial charge on any atom is 0.258 e. The van der Waals surface area contributed by atoms with Crippen molar-refractivity contribution in [3.63, 3.8) is 0 Å². The summed E-state index contributed by atoms with van der Waals surface area (Å²) in [4.78, 5) is 99.5. The third kappa shape index (κ3) is 15.6. The Morgan fingerprint density at radius 3 is 1.32 bits per heavy atom. The van der Waals surface area contributed by atoms with E-state index >= 15 is 0 Å². The number of furan rings is 3. The third-order valence-electron chi connectivity index (χ3n) is 22.0. The van der Waals surface area contributed by atoms with Gasteiger partial charge in [0.25, 0.3) is 22.2 Å². The molecular formula is C88H91N21O7. The van der Waals surface area contributed by atoms with Crippen molar-refractivity contribution in [1.29, 1.82) is 0 Å². The van der Waals surface area contributed by atoms with Crippen LogP contribution < -0.4 is 47.6 Å². The quantitative estimate of drug-likeness (QED) is 0.136. The first-order valence-electron chi connectivity index (χ1n) is 39.5. The van der Waals surface area contributed by atoms with Gasteiger partial charge in [-0.15, -0.1) is 0 Å². The van der Waals surface area contributed by atoms with Crippen molar-refractivity contribution < 1.29 is 13.3 Å². The molecule has 0 radical (unpaired) electrons. The predicted octanol–water partition coefficient (Wildman–Crippen LogP) is 11.4. The van der Waals surface area contributed by atoms with Crippen LogP contribution in [0.25, 0.3) is 112 Å². The summed E-state index contributed by atoms with van der Waals surface area (Å²) >= 11 is 0. The highest BCUT2D eigenvalue weighted by Gasteiger charge is 2.23. The fourth-order valence-electron chi connectivity index (χ4n) is 16.0. The Morgan fingerprint density at radius 1 is 0.422 bits per heavy atom. The van der Waals surface area contributed by atoms with E-state index in [9.17, 15) is 19.2 Å². The SMILES string of the molecule is CCN1CC=C(c2ccc3nc(-c4cc5c(C)nc(C)cn5n4)cc(=O)n3c2)CC1.Cc1cc2cc(-c3cc(=O)n4cc(N5CCN(C)CC5)ccc4n3)oc2c(C)n1.Cc1cc2cc(-c3cc(=O)n4cc(N5CCNCC5)ccc4n3)oc2c(C)n1.Cc1cc2cc(-c3cc(=O)n4cc(N5CCN[C@@H](C)C5)ccc4n3)oc2c(C)n1. The van der Waals surface area contributed by atoms with Gasteiger partial charge in [-0.1, -0.05) is 13.0 Å². The monoisotopic (exact) mass is 1550 g/mol. The zero-order chi connectivity index (χ0) is 80.3. The Kier molecular flexibility index (Phi) is 20.6. The van der Waals surface area contributed by atoms with Crippen LogP contribution in [0.2, 0.25) is 0 Å². The molecule has 28 nitrogen and oxygen atoms in total. The molecule has 4 aliphatic rings. The van der Waals surface area contributed by atoms with Crippen molar-refractivity contribution in [2.45, 2.75) is 81.7 Å². The molecule has 0 amide bonds. The van der Waals surface area contributed by atoms with Gasteiger partial charge in [0.15, 0.2) is 34.0 Å². The zero-order valence-corrected chi connectivity index (χ0v) is 67.0. The van der Waals surface area contributed by atoms with Gasteiger partial charge in [0.2, 0.25) is 0 Å². The van der Waals surface area contributed by atoms with E-state index in [1.54, 1.807) is 28.2 Å². The van der Waals surface area contributed by atoms with Crippen molar-refractivity contribution in [2.75, 3.05) is 113 Å². The van der Waals surface area contributed by atoms with Crippen LogP contribution in [0.4, 0.5) is 17.1 Å². The first-order chi connectivity index (χ1) is 56.0. The summed E-state index contributed by atoms with van der Waals surface area (Å²) < 4.78 is 26.2. The van der Waals surface area contributed by atoms with Gasteiger partial charge in [0.1, 0.15) is 45.4 Å². The minimum atomic E-state index is -0.124. The van der Waals surface area contributed by atoms with Crippen molar-refractivity contribution in [1.82, 2.24) is 87.5 Å². The van der Waals surface area contributed by atoms with Crippen LogP contribution in [-0.2, 0) is 0 Å². The van der Waals surface area contributed by atoms with E-state index in [0.717, 1.165) is 205 Å². The second-order valence-corrected chi connectivity index (χ2v) is 30.6. The lowest BCUT2D eigenvalue weighted by molar-refractivity contribution is 0.313. The van der Waals surface area contributed by atoms with Crippen LogP contribution in [0.3, 0.4) is 0 Å². The lowest BCUT2D eigenvalue weighted by atomic mass is 10.0. The number of aryl methyl sites for hydroxylation is 8. The van der Waals surface area contributed by atoms with Crippen molar-refractivity contribution in [2.24, 2.45) is 0 Å². The zero-order valence-electron chi connectivity index (χ0n) is 67.0. The molecule has 0 spiro atoms. The lowest BCUT2D eigenvalue weighted by Crippen LogP contribution is -2.49. The number of piperazine rings is 3. The number of likely N-dealkylation sites (N-methyl/N-ethyl adjacent to an activating group) is 2. The smallest absolute Gasteiger partial charge is 0.258 e. The van der Waals surface area contributed by atoms with E-state index in [4.69, 9.17) is 18.2 Å². The van der Waals surface area contributed by atoms with Crippen molar-refractivity contribution in [3.05, 3.63) is 245 Å². The molecule has 0 unspecified atom stereocenters. The normalized spacial score (nSPS) is 15.7. The van der Waals surface area contributed by atoms with E-state index in [2.05, 4.69) is 108 Å². The van der Waals surface area contributed by atoms with E-state index < -0.39 is 0 Å². The summed E-state index contributed by atoms with van der Waals surface area (Å²) in [6.45, 7) is 33.4. The van der Waals surface area contributed by atoms with Gasteiger partial charge in [-0.2, -0.15) is 5.10 Å². The Morgan fingerprint density at radius 2 is 0.853 bits per heavy atom. The molecule has 3 fully saturated rings. The van der Waals surface area contributed by atoms with Crippen molar-refractivity contribution >= 4 is 83.6 Å². The molecule has 20 rings (SSSR count). The Labute approximate surface area is 666 Å². The number of hydrogen-bond acceptors (Lipinski definition) is 23. The molecule has 2 N–H and O–H groups in total. The number of anilines is 3. The molecule has 0 aromatic carbocycles. The van der Waals surface area contributed by atoms with E-state index in [-0.39, 0.29) is 22.2 Å². The average Bonchev–Trinajstić information content (AvgIpc) is 1.56. The van der Waals surface area contributed by atoms with Crippen molar-refractivity contribution in [3.8, 4) is 45.8 Å². The number of rotatable bonds is 9. The summed E-state index contributed by atoms with van der Waals surface area (Å²) in [5.41, 5.74) is 20.5. The van der Waals surface area contributed by atoms with Crippen LogP contribution in [0.1, 0.15) is 71.4 Å². The van der Waals surface area contributed by atoms with E-state index in [1.807, 2.05) is 171 Å². The standard InChI is InChI=1S/C23H24N6O.2C22H23N5O2.C21H21N5O2/c1-4-27-9-7-17(8-10-27)18-5-6-22-25-19(12-23(30)28(22)14-18)20-11-21-16(3)24-15(2)13-29(21)26-20;1-14-10-16-11-19(29-22(16)15(2)23-14)18-12-21(28)27-13-17(4-5-20(27)24-18)26-8-6-25(3)7-9-26;1-13-8-16-9-19(29-22(16)15(3)24-13)18-10-21(28)27-12-17(4-5-20(27)25-18)26-7-6-23-14(2)11-26;1-13-9-15-10-18(28-21(15)14(2)23-13)17-11-20(27)26-12-16(3-4-19(26)24-17)25-7-5-22-6-8-25/h5-7,11-14H,4,8-10H2,1-3H3;4-5,10-13H,6-9H2,1-3H3;4-5,8-10,12,14,23H,6-7,11H2,1-3H3;3-4,9-12,22H,5-8H2,1-2H3/t;;14-;/m..0./s1. The van der Waals surface area contributed by atoms with Gasteiger partial charge >= 0.3 is 0 Å². The molecular weight excluding hydrogens is 1460 g/mol. The summed E-state index contributed by atoms with van der Waals surface area (Å²) in [5, 5.41) is 14.3. The number of nitrogens with one attached hydrogen (secondary N) is 2. The van der Waals surface area contributed by atoms with Gasteiger partial charge in [-0.05, 0) is 184 Å². The summed E-state index contributed by atoms with van der Waals surface area (Å²) in [6.07, 6.45) is 12.7. The third-order valence-corrected chi connectivity index (χ3v) is 22.0. The molecule has 16 aromatic heterocycles. The highest BCUT2D eigenvalue weighted by molar-refractivity contribution is 5.87. The molecule has 3 saturated heterocycles. The molecule has 590 valence electrons. The first kappa shape index (κ1) is 75.8. The molecule has 28 heteroatoms. The molecule has 4 aliphatic heterocycles. The molecule has 116 heavy (non-hydrogen) atoms. The molecule has 0 aliphatic carbocycles. The average molecular weight is 1550 g/mol. The Hall–Kier alpha value is -12.9. The van der Waals surface area contributed by atoms with Crippen LogP contribution in [-0.4, -0.2) is 182 Å². The largest absolute Gasteiger partial charge is 0.453 e. The van der Waals surface area contributed by atoms with Gasteiger partial charge < -0.3 is 43.5 Å². The van der Waals surface area contributed by atoms with Crippen LogP contribution >= 0.6 is 0 Å². The van der Waals surface area contributed by atoms with E-state index in [0.29, 0.717) is 74.4 Å². The molecule has 20 heterocycles. The number of pyridine rings is 7. The predicted molar refractivity (Wildman–Crippen MR) is 454 cm³/mol. The van der Waals surface area contributed by atoms with Gasteiger partial charge in [-0.25, -0.2) is 24.5 Å². The van der Waals surface area contributed by atoms with Crippen LogP contribution in [0, 0.1) is 55.4 Å². The second-order valence-electron chi connectivity index (χ2n) is 30.6. The number of fused-ring (bicyclic) bond motifs is 8. The Bertz CT molecular complexity index is 6810. The summed E-state index contributed by atoms with van der Waals surface area (Å²) in [6, 6.07) is 35.9. The molecule has 1 atom stereocenters. The number of hydrogen-bond donors (Lipinski definition) is 2.